The minimum absolute atomic E-state index is 0.100. The summed E-state index contributed by atoms with van der Waals surface area (Å²) in [5.41, 5.74) is 2.43. The molecule has 1 saturated carbocycles. The zero-order chi connectivity index (χ0) is 21.4. The molecule has 2 unspecified atom stereocenters. The summed E-state index contributed by atoms with van der Waals surface area (Å²) < 4.78 is 24.9. The fraction of sp³-hybridized carbons (Fsp3) is 0.333. The van der Waals surface area contributed by atoms with E-state index in [4.69, 9.17) is 9.15 Å². The number of oxazole rings is 1. The zero-order valence-electron chi connectivity index (χ0n) is 17.3. The third kappa shape index (κ3) is 3.81. The van der Waals surface area contributed by atoms with Gasteiger partial charge in [0.05, 0.1) is 7.11 Å². The van der Waals surface area contributed by atoms with Crippen LogP contribution in [0.25, 0.3) is 0 Å². The van der Waals surface area contributed by atoms with Gasteiger partial charge in [-0.2, -0.15) is 5.26 Å². The van der Waals surface area contributed by atoms with E-state index >= 15 is 0 Å². The molecule has 7 heteroatoms. The van der Waals surface area contributed by atoms with Crippen molar-refractivity contribution in [2.24, 2.45) is 0 Å². The summed E-state index contributed by atoms with van der Waals surface area (Å²) in [7, 11) is 1.66. The minimum atomic E-state index is -0.233. The van der Waals surface area contributed by atoms with Crippen molar-refractivity contribution in [2.45, 2.75) is 18.3 Å². The molecule has 2 aliphatic rings. The molecule has 2 aromatic carbocycles. The fourth-order valence-electron chi connectivity index (χ4n) is 4.31. The van der Waals surface area contributed by atoms with Crippen LogP contribution in [0.2, 0.25) is 0 Å². The number of hydrogen-bond acceptors (Lipinski definition) is 6. The number of halogens is 1. The maximum Gasteiger partial charge on any atom is 0.234 e. The van der Waals surface area contributed by atoms with Gasteiger partial charge in [0, 0.05) is 37.8 Å². The van der Waals surface area contributed by atoms with Gasteiger partial charge in [-0.25, -0.2) is 9.37 Å². The molecule has 0 radical (unpaired) electrons. The van der Waals surface area contributed by atoms with Crippen molar-refractivity contribution < 1.29 is 13.5 Å². The predicted octanol–water partition coefficient (Wildman–Crippen LogP) is 4.29. The number of aromatic nitrogens is 1. The first-order valence-electron chi connectivity index (χ1n) is 10.5. The quantitative estimate of drug-likeness (QED) is 0.616. The van der Waals surface area contributed by atoms with Crippen LogP contribution in [0.15, 0.2) is 52.9 Å². The average molecular weight is 418 g/mol. The highest BCUT2D eigenvalue weighted by atomic mass is 19.1. The largest absolute Gasteiger partial charge is 0.497 e. The van der Waals surface area contributed by atoms with Gasteiger partial charge in [-0.15, -0.1) is 0 Å². The van der Waals surface area contributed by atoms with E-state index in [1.165, 1.54) is 6.07 Å². The highest BCUT2D eigenvalue weighted by Crippen LogP contribution is 2.55. The molecule has 158 valence electrons. The van der Waals surface area contributed by atoms with Crippen LogP contribution in [0.1, 0.15) is 35.4 Å². The molecule has 1 saturated heterocycles. The highest BCUT2D eigenvalue weighted by molar-refractivity contribution is 5.53. The van der Waals surface area contributed by atoms with Gasteiger partial charge in [-0.05, 0) is 54.3 Å². The van der Waals surface area contributed by atoms with Crippen LogP contribution >= 0.6 is 0 Å². The second-order valence-corrected chi connectivity index (χ2v) is 7.99. The van der Waals surface area contributed by atoms with Gasteiger partial charge in [-0.1, -0.05) is 12.1 Å². The number of nitrogens with zero attached hydrogens (tertiary/aromatic N) is 4. The lowest BCUT2D eigenvalue weighted by Gasteiger charge is -2.35. The summed E-state index contributed by atoms with van der Waals surface area (Å²) in [4.78, 5) is 8.87. The van der Waals surface area contributed by atoms with Crippen molar-refractivity contribution in [3.05, 3.63) is 71.5 Å². The summed E-state index contributed by atoms with van der Waals surface area (Å²) in [6.45, 7) is 3.13. The van der Waals surface area contributed by atoms with E-state index in [0.29, 0.717) is 17.5 Å². The monoisotopic (exact) mass is 418 g/mol. The molecule has 1 aliphatic heterocycles. The Morgan fingerprint density at radius 3 is 2.48 bits per heavy atom. The summed E-state index contributed by atoms with van der Waals surface area (Å²) in [5.74, 6) is 2.04. The van der Waals surface area contributed by atoms with Crippen LogP contribution in [-0.2, 0) is 0 Å². The number of ether oxygens (including phenoxy) is 1. The highest BCUT2D eigenvalue weighted by Gasteiger charge is 2.44. The molecule has 2 heterocycles. The molecule has 3 aromatic rings. The summed E-state index contributed by atoms with van der Waals surface area (Å²) in [6.07, 6.45) is 0.861. The second-order valence-electron chi connectivity index (χ2n) is 7.99. The SMILES string of the molecule is COc1ccc(N2CCN(c3oc(C4CC4c4cccc(F)c4)nc3C#N)CC2)cc1. The van der Waals surface area contributed by atoms with Crippen LogP contribution in [0.5, 0.6) is 5.75 Å². The zero-order valence-corrected chi connectivity index (χ0v) is 17.3. The van der Waals surface area contributed by atoms with Crippen LogP contribution in [-0.4, -0.2) is 38.3 Å². The van der Waals surface area contributed by atoms with E-state index in [9.17, 15) is 9.65 Å². The molecular weight excluding hydrogens is 395 g/mol. The summed E-state index contributed by atoms with van der Waals surface area (Å²) in [5, 5.41) is 9.59. The van der Waals surface area contributed by atoms with Crippen LogP contribution < -0.4 is 14.5 Å². The lowest BCUT2D eigenvalue weighted by Crippen LogP contribution is -2.46. The van der Waals surface area contributed by atoms with Gasteiger partial charge < -0.3 is 19.0 Å². The number of methoxy groups -OCH3 is 1. The molecule has 31 heavy (non-hydrogen) atoms. The molecule has 0 spiro atoms. The maximum absolute atomic E-state index is 13.5. The topological polar surface area (TPSA) is 65.5 Å². The number of nitriles is 1. The Bertz CT molecular complexity index is 1110. The summed E-state index contributed by atoms with van der Waals surface area (Å²) >= 11 is 0. The number of benzene rings is 2. The predicted molar refractivity (Wildman–Crippen MR) is 115 cm³/mol. The first-order chi connectivity index (χ1) is 15.2. The smallest absolute Gasteiger partial charge is 0.234 e. The Hall–Kier alpha value is -3.53. The Labute approximate surface area is 180 Å². The maximum atomic E-state index is 13.5. The Morgan fingerprint density at radius 1 is 1.06 bits per heavy atom. The van der Waals surface area contributed by atoms with Gasteiger partial charge in [-0.3, -0.25) is 0 Å². The number of piperazine rings is 1. The minimum Gasteiger partial charge on any atom is -0.497 e. The van der Waals surface area contributed by atoms with E-state index in [2.05, 4.69) is 33.0 Å². The standard InChI is InChI=1S/C24H23FN4O2/c1-30-19-7-5-18(6-8-19)28-9-11-29(12-10-28)24-22(15-26)27-23(31-24)21-14-20(21)16-3-2-4-17(25)13-16/h2-8,13,20-21H,9-12,14H2,1H3. The second kappa shape index (κ2) is 7.95. The third-order valence-electron chi connectivity index (χ3n) is 6.12. The number of hydrogen-bond donors (Lipinski definition) is 0. The number of rotatable bonds is 5. The van der Waals surface area contributed by atoms with Crippen molar-refractivity contribution in [3.8, 4) is 11.8 Å². The van der Waals surface area contributed by atoms with Crippen LogP contribution in [0, 0.1) is 17.1 Å². The van der Waals surface area contributed by atoms with Crippen molar-refractivity contribution in [1.82, 2.24) is 4.98 Å². The Balaban J connectivity index is 1.27. The van der Waals surface area contributed by atoms with Gasteiger partial charge in [0.1, 0.15) is 17.6 Å². The molecule has 2 atom stereocenters. The van der Waals surface area contributed by atoms with Crippen molar-refractivity contribution in [1.29, 1.82) is 5.26 Å². The molecule has 2 fully saturated rings. The van der Waals surface area contributed by atoms with Crippen LogP contribution in [0.3, 0.4) is 0 Å². The van der Waals surface area contributed by atoms with Gasteiger partial charge in [0.15, 0.2) is 0 Å². The molecule has 0 bridgehead atoms. The van der Waals surface area contributed by atoms with Gasteiger partial charge in [0.25, 0.3) is 0 Å². The van der Waals surface area contributed by atoms with E-state index in [-0.39, 0.29) is 17.7 Å². The van der Waals surface area contributed by atoms with E-state index in [1.807, 2.05) is 18.2 Å². The molecule has 0 N–H and O–H groups in total. The molecule has 1 aliphatic carbocycles. The van der Waals surface area contributed by atoms with Crippen molar-refractivity contribution >= 4 is 11.6 Å². The number of anilines is 2. The fourth-order valence-corrected chi connectivity index (χ4v) is 4.31. The van der Waals surface area contributed by atoms with Gasteiger partial charge >= 0.3 is 0 Å². The van der Waals surface area contributed by atoms with Crippen LogP contribution in [0.4, 0.5) is 16.0 Å². The van der Waals surface area contributed by atoms with E-state index in [1.54, 1.807) is 19.2 Å². The lowest BCUT2D eigenvalue weighted by atomic mass is 10.1. The average Bonchev–Trinajstić information content (AvgIpc) is 3.50. The van der Waals surface area contributed by atoms with Gasteiger partial charge in [0.2, 0.25) is 17.5 Å². The molecular formula is C24H23FN4O2. The molecule has 0 amide bonds. The molecule has 1 aromatic heterocycles. The normalized spacial score (nSPS) is 20.4. The molecule has 6 nitrogen and oxygen atoms in total. The summed E-state index contributed by atoms with van der Waals surface area (Å²) in [6, 6.07) is 16.9. The van der Waals surface area contributed by atoms with Crippen molar-refractivity contribution in [2.75, 3.05) is 43.1 Å². The first kappa shape index (κ1) is 19.4. The van der Waals surface area contributed by atoms with Crippen molar-refractivity contribution in [3.63, 3.8) is 0 Å². The Morgan fingerprint density at radius 2 is 1.81 bits per heavy atom. The first-order valence-corrected chi connectivity index (χ1v) is 10.5. The van der Waals surface area contributed by atoms with E-state index in [0.717, 1.165) is 49.6 Å². The lowest BCUT2D eigenvalue weighted by molar-refractivity contribution is 0.415. The van der Waals surface area contributed by atoms with E-state index < -0.39 is 0 Å². The third-order valence-corrected chi connectivity index (χ3v) is 6.12. The molecule has 5 rings (SSSR count). The Kier molecular flexibility index (Phi) is 4.99.